The Kier molecular flexibility index (Phi) is 6.42. The maximum absolute atomic E-state index is 15.0. The summed E-state index contributed by atoms with van der Waals surface area (Å²) < 4.78 is 53.9. The number of halogens is 3. The first-order valence-corrected chi connectivity index (χ1v) is 12.3. The lowest BCUT2D eigenvalue weighted by molar-refractivity contribution is -0.0214. The van der Waals surface area contributed by atoms with Gasteiger partial charge in [0.1, 0.15) is 17.5 Å². The van der Waals surface area contributed by atoms with E-state index in [2.05, 4.69) is 20.3 Å². The van der Waals surface area contributed by atoms with Gasteiger partial charge in [0.2, 0.25) is 0 Å². The zero-order chi connectivity index (χ0) is 26.4. The van der Waals surface area contributed by atoms with Crippen LogP contribution < -0.4 is 15.0 Å². The number of rotatable bonds is 6. The first-order chi connectivity index (χ1) is 18.4. The predicted molar refractivity (Wildman–Crippen MR) is 136 cm³/mol. The molecule has 4 heterocycles. The van der Waals surface area contributed by atoms with Crippen LogP contribution in [0.1, 0.15) is 6.42 Å². The van der Waals surface area contributed by atoms with Crippen molar-refractivity contribution in [3.63, 3.8) is 0 Å². The van der Waals surface area contributed by atoms with Crippen molar-refractivity contribution in [3.8, 4) is 28.3 Å². The fraction of sp³-hybridized carbons (Fsp3) is 0.333. The third-order valence-electron chi connectivity index (χ3n) is 7.13. The number of aliphatic hydroxyl groups excluding tert-OH is 1. The number of methoxy groups -OCH3 is 1. The van der Waals surface area contributed by atoms with E-state index in [1.165, 1.54) is 25.4 Å². The summed E-state index contributed by atoms with van der Waals surface area (Å²) in [5.41, 5.74) is 2.36. The number of ether oxygens (including phenoxy) is 2. The number of β-amino-alcohol motifs (C(OH)–C–C–N with tert-alkyl or cyclic N) is 1. The zero-order valence-corrected chi connectivity index (χ0v) is 20.5. The number of aromatic nitrogens is 3. The lowest BCUT2D eigenvalue weighted by atomic mass is 9.96. The Morgan fingerprint density at radius 3 is 2.63 bits per heavy atom. The molecular weight excluding hydrogens is 499 g/mol. The van der Waals surface area contributed by atoms with Crippen LogP contribution in [0.5, 0.6) is 5.75 Å². The highest BCUT2D eigenvalue weighted by Gasteiger charge is 2.34. The molecule has 2 aromatic heterocycles. The highest BCUT2D eigenvalue weighted by molar-refractivity contribution is 5.91. The number of H-pyrrole nitrogens is 1. The second-order valence-electron chi connectivity index (χ2n) is 9.61. The van der Waals surface area contributed by atoms with E-state index in [4.69, 9.17) is 9.47 Å². The third kappa shape index (κ3) is 4.46. The Hall–Kier alpha value is -3.67. The Morgan fingerprint density at radius 1 is 1.08 bits per heavy atom. The van der Waals surface area contributed by atoms with Crippen LogP contribution in [-0.4, -0.2) is 71.7 Å². The van der Waals surface area contributed by atoms with Crippen molar-refractivity contribution < 1.29 is 27.8 Å². The third-order valence-corrected chi connectivity index (χ3v) is 7.13. The molecular formula is C27H26F3N5O3. The number of imidazole rings is 1. The second-order valence-corrected chi connectivity index (χ2v) is 9.61. The molecule has 198 valence electrons. The molecule has 2 aromatic carbocycles. The van der Waals surface area contributed by atoms with Crippen LogP contribution in [0.3, 0.4) is 0 Å². The number of nitrogens with one attached hydrogen (secondary N) is 2. The summed E-state index contributed by atoms with van der Waals surface area (Å²) in [4.78, 5) is 14.0. The number of hydrogen-bond acceptors (Lipinski definition) is 7. The van der Waals surface area contributed by atoms with Gasteiger partial charge >= 0.3 is 0 Å². The zero-order valence-electron chi connectivity index (χ0n) is 20.5. The van der Waals surface area contributed by atoms with Crippen molar-refractivity contribution >= 4 is 16.7 Å². The molecule has 2 aliphatic heterocycles. The van der Waals surface area contributed by atoms with E-state index in [1.54, 1.807) is 6.20 Å². The van der Waals surface area contributed by atoms with E-state index >= 15 is 0 Å². The molecule has 11 heteroatoms. The Labute approximate surface area is 216 Å². The van der Waals surface area contributed by atoms with Crippen molar-refractivity contribution in [2.45, 2.75) is 24.6 Å². The van der Waals surface area contributed by atoms with Crippen molar-refractivity contribution in [1.29, 1.82) is 0 Å². The standard InChI is InChI=1S/C27H26F3N5O3/c1-37-25-8-23-22(7-20(25)30)33-27(34-23)18-10-31-9-17(16-6-14(28)2-3-19(16)29)26(18)35-5-4-21(24(36)11-35)32-15-12-38-13-15/h2-3,6-10,15,21,24,32,36H,4-5,11-13H2,1H3,(H,33,34)/t21-,24+/m1/s1. The van der Waals surface area contributed by atoms with Crippen molar-refractivity contribution in [2.75, 3.05) is 38.3 Å². The summed E-state index contributed by atoms with van der Waals surface area (Å²) in [7, 11) is 1.37. The quantitative estimate of drug-likeness (QED) is 0.354. The highest BCUT2D eigenvalue weighted by Crippen LogP contribution is 2.41. The fourth-order valence-electron chi connectivity index (χ4n) is 5.13. The van der Waals surface area contributed by atoms with Gasteiger partial charge in [0.25, 0.3) is 0 Å². The van der Waals surface area contributed by atoms with Gasteiger partial charge in [-0.05, 0) is 24.6 Å². The maximum atomic E-state index is 15.0. The molecule has 0 bridgehead atoms. The number of nitrogens with zero attached hydrogens (tertiary/aromatic N) is 3. The van der Waals surface area contributed by atoms with E-state index in [1.807, 2.05) is 4.90 Å². The minimum absolute atomic E-state index is 0.0412. The minimum Gasteiger partial charge on any atom is -0.494 e. The minimum atomic E-state index is -0.718. The second kappa shape index (κ2) is 9.90. The summed E-state index contributed by atoms with van der Waals surface area (Å²) in [6.07, 6.45) is 2.95. The summed E-state index contributed by atoms with van der Waals surface area (Å²) in [6, 6.07) is 6.12. The van der Waals surface area contributed by atoms with Crippen LogP contribution >= 0.6 is 0 Å². The first-order valence-electron chi connectivity index (χ1n) is 12.3. The Balaban J connectivity index is 1.45. The molecule has 0 saturated carbocycles. The number of anilines is 1. The normalized spacial score (nSPS) is 20.1. The first kappa shape index (κ1) is 24.7. The van der Waals surface area contributed by atoms with Crippen molar-refractivity contribution in [1.82, 2.24) is 20.3 Å². The van der Waals surface area contributed by atoms with Crippen LogP contribution in [0.4, 0.5) is 18.9 Å². The number of piperidine rings is 1. The SMILES string of the molecule is COc1cc2nc(-c3cncc(-c4cc(F)ccc4F)c3N3CC[C@@H](NC4COC4)[C@@H](O)C3)[nH]c2cc1F. The van der Waals surface area contributed by atoms with Crippen LogP contribution in [0.25, 0.3) is 33.5 Å². The molecule has 2 aliphatic rings. The van der Waals surface area contributed by atoms with Gasteiger partial charge in [-0.15, -0.1) is 0 Å². The van der Waals surface area contributed by atoms with Gasteiger partial charge in [0.15, 0.2) is 11.6 Å². The largest absolute Gasteiger partial charge is 0.494 e. The maximum Gasteiger partial charge on any atom is 0.167 e. The average Bonchev–Trinajstić information content (AvgIpc) is 3.30. The molecule has 3 N–H and O–H groups in total. The van der Waals surface area contributed by atoms with Crippen LogP contribution in [0.15, 0.2) is 42.7 Å². The summed E-state index contributed by atoms with van der Waals surface area (Å²) >= 11 is 0. The number of aliphatic hydroxyl groups is 1. The summed E-state index contributed by atoms with van der Waals surface area (Å²) in [5, 5.41) is 14.5. The van der Waals surface area contributed by atoms with Gasteiger partial charge in [-0.1, -0.05) is 0 Å². The monoisotopic (exact) mass is 525 g/mol. The molecule has 2 atom stereocenters. The lowest BCUT2D eigenvalue weighted by Gasteiger charge is -2.41. The fourth-order valence-corrected chi connectivity index (χ4v) is 5.13. The van der Waals surface area contributed by atoms with Crippen LogP contribution in [-0.2, 0) is 4.74 Å². The molecule has 4 aromatic rings. The van der Waals surface area contributed by atoms with E-state index in [0.29, 0.717) is 59.9 Å². The number of aromatic amines is 1. The number of hydrogen-bond donors (Lipinski definition) is 3. The molecule has 8 nitrogen and oxygen atoms in total. The molecule has 0 aliphatic carbocycles. The molecule has 0 spiro atoms. The van der Waals surface area contributed by atoms with Gasteiger partial charge in [0.05, 0.1) is 54.8 Å². The number of fused-ring (bicyclic) bond motifs is 1. The van der Waals surface area contributed by atoms with E-state index in [9.17, 15) is 18.3 Å². The van der Waals surface area contributed by atoms with Crippen molar-refractivity contribution in [3.05, 3.63) is 60.2 Å². The summed E-state index contributed by atoms with van der Waals surface area (Å²) in [5.74, 6) is -1.31. The molecule has 0 amide bonds. The average molecular weight is 526 g/mol. The van der Waals surface area contributed by atoms with Gasteiger partial charge in [-0.2, -0.15) is 0 Å². The lowest BCUT2D eigenvalue weighted by Crippen LogP contribution is -2.59. The molecule has 0 unspecified atom stereocenters. The van der Waals surface area contributed by atoms with Crippen LogP contribution in [0.2, 0.25) is 0 Å². The van der Waals surface area contributed by atoms with E-state index < -0.39 is 23.6 Å². The number of benzene rings is 2. The molecule has 6 rings (SSSR count). The Morgan fingerprint density at radius 2 is 1.89 bits per heavy atom. The predicted octanol–water partition coefficient (Wildman–Crippen LogP) is 3.65. The number of pyridine rings is 1. The molecule has 2 fully saturated rings. The smallest absolute Gasteiger partial charge is 0.167 e. The topological polar surface area (TPSA) is 95.5 Å². The molecule has 0 radical (unpaired) electrons. The highest BCUT2D eigenvalue weighted by atomic mass is 19.1. The molecule has 2 saturated heterocycles. The van der Waals surface area contributed by atoms with Crippen molar-refractivity contribution in [2.24, 2.45) is 0 Å². The molecule has 38 heavy (non-hydrogen) atoms. The van der Waals surface area contributed by atoms with Gasteiger partial charge in [-0.25, -0.2) is 18.2 Å². The van der Waals surface area contributed by atoms with Crippen LogP contribution in [0, 0.1) is 17.5 Å². The Bertz CT molecular complexity index is 1490. The summed E-state index contributed by atoms with van der Waals surface area (Å²) in [6.45, 7) is 2.00. The van der Waals surface area contributed by atoms with Gasteiger partial charge < -0.3 is 29.8 Å². The van der Waals surface area contributed by atoms with E-state index in [-0.39, 0.29) is 29.9 Å². The van der Waals surface area contributed by atoms with Gasteiger partial charge in [0, 0.05) is 54.8 Å². The van der Waals surface area contributed by atoms with E-state index in [0.717, 1.165) is 18.2 Å². The van der Waals surface area contributed by atoms with Gasteiger partial charge in [-0.3, -0.25) is 4.98 Å².